The average molecular weight is 853 g/mol. The number of methoxy groups -OCH3 is 1. The number of alkyl carbamates (subject to hydrolysis) is 1. The van der Waals surface area contributed by atoms with Gasteiger partial charge in [0.2, 0.25) is 29.5 Å². The number of aromatic hydroxyl groups is 2. The lowest BCUT2D eigenvalue weighted by Crippen LogP contribution is -2.55. The molecule has 1 aliphatic rings. The lowest BCUT2D eigenvalue weighted by Gasteiger charge is -2.32. The molecule has 4 atom stereocenters. The molecule has 3 rings (SSSR count). The number of nitrogens with zero attached hydrogens (tertiary/aromatic N) is 1. The summed E-state index contributed by atoms with van der Waals surface area (Å²) in [5.74, 6) is -4.12. The number of nitrogens with one attached hydrogen (secondary N) is 5. The fourth-order valence-corrected chi connectivity index (χ4v) is 6.81. The molecule has 0 aromatic heterocycles. The SMILES string of the molecule is CCCCCCCC(=O)NCCC(=O)N[C@@H](CCCCNC(=O)OC(C)(C)C)C(=O)N(C)[C@@H]1C(=O)N[C@@H](C)C(=O)N[C@H](C(=O)OC)Cc2ccc(O)c(c2)-c2cc1ccc2O. The Kier molecular flexibility index (Phi) is 19.3. The zero-order valence-electron chi connectivity index (χ0n) is 36.5. The molecule has 2 aromatic rings. The summed E-state index contributed by atoms with van der Waals surface area (Å²) >= 11 is 0. The molecule has 0 unspecified atom stereocenters. The number of rotatable bonds is 18. The molecule has 1 aliphatic heterocycles. The highest BCUT2D eigenvalue weighted by Crippen LogP contribution is 2.39. The van der Waals surface area contributed by atoms with Gasteiger partial charge in [0, 0.05) is 50.5 Å². The topological polar surface area (TPSA) is 242 Å². The Labute approximate surface area is 358 Å². The Morgan fingerprint density at radius 3 is 2.18 bits per heavy atom. The second-order valence-corrected chi connectivity index (χ2v) is 16.3. The predicted molar refractivity (Wildman–Crippen MR) is 227 cm³/mol. The van der Waals surface area contributed by atoms with Gasteiger partial charge in [0.25, 0.3) is 0 Å². The molecule has 7 N–H and O–H groups in total. The fourth-order valence-electron chi connectivity index (χ4n) is 6.81. The number of benzene rings is 2. The van der Waals surface area contributed by atoms with Crippen molar-refractivity contribution in [2.75, 3.05) is 27.2 Å². The van der Waals surface area contributed by atoms with Crippen molar-refractivity contribution in [1.29, 1.82) is 0 Å². The normalized spacial score (nSPS) is 17.1. The number of unbranched alkanes of at least 4 members (excludes halogenated alkanes) is 5. The van der Waals surface area contributed by atoms with E-state index >= 15 is 0 Å². The number of amides is 6. The molecule has 0 aliphatic carbocycles. The molecule has 2 aromatic carbocycles. The Bertz CT molecular complexity index is 1860. The van der Waals surface area contributed by atoms with Crippen LogP contribution >= 0.6 is 0 Å². The van der Waals surface area contributed by atoms with E-state index in [1.807, 2.05) is 0 Å². The number of hydrogen-bond acceptors (Lipinski definition) is 11. The maximum absolute atomic E-state index is 14.5. The van der Waals surface area contributed by atoms with Crippen LogP contribution in [0, 0.1) is 0 Å². The molecule has 0 fully saturated rings. The van der Waals surface area contributed by atoms with Crippen molar-refractivity contribution in [3.8, 4) is 22.6 Å². The van der Waals surface area contributed by atoms with Gasteiger partial charge in [-0.15, -0.1) is 0 Å². The van der Waals surface area contributed by atoms with Crippen LogP contribution in [0.5, 0.6) is 11.5 Å². The minimum atomic E-state index is -1.45. The third-order valence-corrected chi connectivity index (χ3v) is 10.1. The van der Waals surface area contributed by atoms with Crippen LogP contribution < -0.4 is 26.6 Å². The lowest BCUT2D eigenvalue weighted by atomic mass is 9.93. The number of ether oxygens (including phenoxy) is 2. The number of fused-ring (bicyclic) bond motifs is 5. The average Bonchev–Trinajstić information content (AvgIpc) is 3.19. The van der Waals surface area contributed by atoms with Gasteiger partial charge in [0.15, 0.2) is 0 Å². The van der Waals surface area contributed by atoms with Gasteiger partial charge in [0.05, 0.1) is 7.11 Å². The van der Waals surface area contributed by atoms with Gasteiger partial charge in [-0.05, 0) is 88.8 Å². The zero-order valence-corrected chi connectivity index (χ0v) is 36.5. The number of esters is 1. The van der Waals surface area contributed by atoms with Crippen molar-refractivity contribution in [2.45, 2.75) is 135 Å². The molecule has 0 spiro atoms. The molecule has 4 bridgehead atoms. The van der Waals surface area contributed by atoms with Gasteiger partial charge in [-0.2, -0.15) is 0 Å². The predicted octanol–water partition coefficient (Wildman–Crippen LogP) is 4.03. The van der Waals surface area contributed by atoms with Gasteiger partial charge in [0.1, 0.15) is 41.3 Å². The fraction of sp³-hybridized carbons (Fsp3) is 0.568. The van der Waals surface area contributed by atoms with Crippen LogP contribution in [0.25, 0.3) is 11.1 Å². The Morgan fingerprint density at radius 2 is 1.51 bits per heavy atom. The first-order chi connectivity index (χ1) is 28.8. The zero-order chi connectivity index (χ0) is 45.3. The monoisotopic (exact) mass is 852 g/mol. The summed E-state index contributed by atoms with van der Waals surface area (Å²) in [7, 11) is 2.53. The molecular weight excluding hydrogens is 789 g/mol. The summed E-state index contributed by atoms with van der Waals surface area (Å²) in [6.45, 7) is 9.00. The molecule has 17 heteroatoms. The van der Waals surface area contributed by atoms with Crippen LogP contribution in [0.3, 0.4) is 0 Å². The number of phenolic OH excluding ortho intramolecular Hbond substituents is 2. The highest BCUT2D eigenvalue weighted by molar-refractivity contribution is 5.96. The van der Waals surface area contributed by atoms with Crippen molar-refractivity contribution in [2.24, 2.45) is 0 Å². The minimum Gasteiger partial charge on any atom is -0.507 e. The van der Waals surface area contributed by atoms with Gasteiger partial charge in [-0.25, -0.2) is 9.59 Å². The highest BCUT2D eigenvalue weighted by atomic mass is 16.6. The van der Waals surface area contributed by atoms with Gasteiger partial charge >= 0.3 is 12.1 Å². The molecule has 336 valence electrons. The van der Waals surface area contributed by atoms with Crippen molar-refractivity contribution in [3.63, 3.8) is 0 Å². The second kappa shape index (κ2) is 23.8. The van der Waals surface area contributed by atoms with E-state index in [2.05, 4.69) is 33.5 Å². The van der Waals surface area contributed by atoms with Gasteiger partial charge in [-0.3, -0.25) is 24.0 Å². The summed E-state index contributed by atoms with van der Waals surface area (Å²) in [5, 5.41) is 35.4. The number of hydrogen-bond donors (Lipinski definition) is 7. The van der Waals surface area contributed by atoms with E-state index in [4.69, 9.17) is 9.47 Å². The van der Waals surface area contributed by atoms with Crippen molar-refractivity contribution >= 4 is 41.6 Å². The summed E-state index contributed by atoms with van der Waals surface area (Å²) in [4.78, 5) is 94.0. The molecule has 0 saturated carbocycles. The van der Waals surface area contributed by atoms with E-state index in [-0.39, 0.29) is 66.4 Å². The van der Waals surface area contributed by atoms with E-state index in [9.17, 15) is 43.8 Å². The molecule has 6 amide bonds. The summed E-state index contributed by atoms with van der Waals surface area (Å²) in [6.07, 6.45) is 5.35. The molecule has 1 heterocycles. The molecule has 0 saturated heterocycles. The van der Waals surface area contributed by atoms with Crippen molar-refractivity contribution in [3.05, 3.63) is 47.5 Å². The van der Waals surface area contributed by atoms with Crippen LogP contribution in [0.1, 0.15) is 116 Å². The number of likely N-dealkylation sites (N-methyl/N-ethyl adjacent to an activating group) is 1. The summed E-state index contributed by atoms with van der Waals surface area (Å²) in [6, 6.07) is 3.64. The third-order valence-electron chi connectivity index (χ3n) is 10.1. The first kappa shape index (κ1) is 49.5. The van der Waals surface area contributed by atoms with E-state index in [0.717, 1.165) is 37.0 Å². The van der Waals surface area contributed by atoms with Crippen LogP contribution in [-0.4, -0.2) is 108 Å². The maximum Gasteiger partial charge on any atom is 0.407 e. The maximum atomic E-state index is 14.5. The molecule has 0 radical (unpaired) electrons. The Balaban J connectivity index is 1.94. The van der Waals surface area contributed by atoms with E-state index in [1.54, 1.807) is 26.8 Å². The number of phenols is 2. The van der Waals surface area contributed by atoms with Crippen molar-refractivity contribution in [1.82, 2.24) is 31.5 Å². The largest absolute Gasteiger partial charge is 0.507 e. The number of carbonyl (C=O) groups is 7. The van der Waals surface area contributed by atoms with E-state index < -0.39 is 65.5 Å². The molecule has 17 nitrogen and oxygen atoms in total. The minimum absolute atomic E-state index is 0.0393. The molecular formula is C44H64N6O11. The van der Waals surface area contributed by atoms with E-state index in [1.165, 1.54) is 51.4 Å². The smallest absolute Gasteiger partial charge is 0.407 e. The number of carbonyl (C=O) groups excluding carboxylic acids is 7. The first-order valence-corrected chi connectivity index (χ1v) is 21.0. The molecule has 61 heavy (non-hydrogen) atoms. The standard InChI is InChI=1S/C44H64N6O11/c1-8-9-10-11-12-16-36(53)45-23-21-37(54)48-32(15-13-14-22-46-43(59)61-44(3,4)5)41(57)50(6)38-29-18-20-35(52)31(26-29)30-24-28(17-19-34(30)51)25-33(42(58)60-7)49-39(55)27(2)47-40(38)56/h17-20,24,26-27,32-33,38,51-52H,8-16,21-23,25H2,1-7H3,(H,45,53)(H,46,59)(H,47,56)(H,48,54)(H,49,55)/t27-,32-,33-,38-/m0/s1. The van der Waals surface area contributed by atoms with Gasteiger partial charge < -0.3 is 51.2 Å². The van der Waals surface area contributed by atoms with Gasteiger partial charge in [-0.1, -0.05) is 44.7 Å². The van der Waals surface area contributed by atoms with Crippen LogP contribution in [0.4, 0.5) is 4.79 Å². The highest BCUT2D eigenvalue weighted by Gasteiger charge is 2.36. The third kappa shape index (κ3) is 15.9. The Morgan fingerprint density at radius 1 is 0.836 bits per heavy atom. The van der Waals surface area contributed by atoms with Crippen LogP contribution in [0.2, 0.25) is 0 Å². The summed E-state index contributed by atoms with van der Waals surface area (Å²) in [5.41, 5.74) is 0.280. The van der Waals surface area contributed by atoms with E-state index in [0.29, 0.717) is 24.8 Å². The quantitative estimate of drug-likeness (QED) is 0.0835. The summed E-state index contributed by atoms with van der Waals surface area (Å²) < 4.78 is 10.2. The first-order valence-electron chi connectivity index (χ1n) is 21.0. The Hall–Kier alpha value is -5.87. The second-order valence-electron chi connectivity index (χ2n) is 16.3. The van der Waals surface area contributed by atoms with Crippen molar-refractivity contribution < 1.29 is 53.2 Å². The van der Waals surface area contributed by atoms with Crippen LogP contribution in [0.15, 0.2) is 36.4 Å². The lowest BCUT2D eigenvalue weighted by molar-refractivity contribution is -0.145. The van der Waals surface area contributed by atoms with Crippen LogP contribution in [-0.2, 0) is 44.7 Å².